The maximum Gasteiger partial charge on any atom is 0.283 e. The van der Waals surface area contributed by atoms with Gasteiger partial charge < -0.3 is 9.67 Å². The van der Waals surface area contributed by atoms with Crippen LogP contribution >= 0.6 is 27.7 Å². The fourth-order valence-electron chi connectivity index (χ4n) is 1.49. The Bertz CT molecular complexity index is 630. The van der Waals surface area contributed by atoms with Crippen molar-refractivity contribution >= 4 is 33.4 Å². The van der Waals surface area contributed by atoms with E-state index in [2.05, 4.69) is 20.9 Å². The molecule has 1 N–H and O–H groups in total. The fraction of sp³-hybridized carbons (Fsp3) is 0.182. The molecule has 1 heterocycles. The molecule has 19 heavy (non-hydrogen) atoms. The Morgan fingerprint density at radius 2 is 2.32 bits per heavy atom. The van der Waals surface area contributed by atoms with Crippen LogP contribution in [0.3, 0.4) is 0 Å². The molecule has 2 rings (SSSR count). The van der Waals surface area contributed by atoms with Crippen molar-refractivity contribution in [2.75, 3.05) is 0 Å². The lowest BCUT2D eigenvalue weighted by molar-refractivity contribution is -0.387. The number of aromatic nitrogens is 2. The summed E-state index contributed by atoms with van der Waals surface area (Å²) >= 11 is 4.48. The molecule has 0 saturated carbocycles. The van der Waals surface area contributed by atoms with Gasteiger partial charge in [0, 0.05) is 17.6 Å². The molecule has 0 bridgehead atoms. The number of imidazole rings is 1. The van der Waals surface area contributed by atoms with Crippen molar-refractivity contribution in [2.24, 2.45) is 7.05 Å². The van der Waals surface area contributed by atoms with Gasteiger partial charge in [-0.3, -0.25) is 10.1 Å². The number of rotatable bonds is 4. The molecule has 100 valence electrons. The summed E-state index contributed by atoms with van der Waals surface area (Å²) in [5.74, 6) is 0. The van der Waals surface area contributed by atoms with Crippen molar-refractivity contribution in [3.05, 3.63) is 44.7 Å². The van der Waals surface area contributed by atoms with Crippen LogP contribution in [-0.4, -0.2) is 19.6 Å². The Morgan fingerprint density at radius 1 is 1.58 bits per heavy atom. The van der Waals surface area contributed by atoms with Gasteiger partial charge >= 0.3 is 0 Å². The highest BCUT2D eigenvalue weighted by molar-refractivity contribution is 9.10. The van der Waals surface area contributed by atoms with Crippen LogP contribution in [0.15, 0.2) is 38.9 Å². The normalized spacial score (nSPS) is 10.7. The third-order valence-electron chi connectivity index (χ3n) is 2.52. The average Bonchev–Trinajstić information content (AvgIpc) is 2.70. The van der Waals surface area contributed by atoms with Gasteiger partial charge in [0.25, 0.3) is 5.69 Å². The van der Waals surface area contributed by atoms with Crippen LogP contribution in [0.25, 0.3) is 0 Å². The lowest BCUT2D eigenvalue weighted by Gasteiger charge is -2.05. The first kappa shape index (κ1) is 14.0. The lowest BCUT2D eigenvalue weighted by atomic mass is 10.3. The van der Waals surface area contributed by atoms with E-state index in [1.54, 1.807) is 29.9 Å². The second-order valence-electron chi connectivity index (χ2n) is 3.72. The van der Waals surface area contributed by atoms with Gasteiger partial charge in [-0.1, -0.05) is 15.9 Å². The van der Waals surface area contributed by atoms with Crippen LogP contribution in [0.4, 0.5) is 5.69 Å². The van der Waals surface area contributed by atoms with Crippen LogP contribution in [0, 0.1) is 10.1 Å². The minimum absolute atomic E-state index is 0.0294. The van der Waals surface area contributed by atoms with E-state index in [0.29, 0.717) is 15.7 Å². The maximum absolute atomic E-state index is 11.0. The molecule has 2 aromatic rings. The highest BCUT2D eigenvalue weighted by Gasteiger charge is 2.17. The third-order valence-corrected chi connectivity index (χ3v) is 4.13. The Balaban J connectivity index is 2.39. The monoisotopic (exact) mass is 343 g/mol. The van der Waals surface area contributed by atoms with E-state index in [0.717, 1.165) is 4.47 Å². The molecule has 0 radical (unpaired) electrons. The van der Waals surface area contributed by atoms with Gasteiger partial charge in [-0.05, 0) is 23.9 Å². The Kier molecular flexibility index (Phi) is 4.23. The minimum Gasteiger partial charge on any atom is -0.390 e. The summed E-state index contributed by atoms with van der Waals surface area (Å²) in [6.45, 7) is -0.120. The molecular weight excluding hydrogens is 334 g/mol. The Labute approximate surface area is 121 Å². The Hall–Kier alpha value is -1.38. The van der Waals surface area contributed by atoms with E-state index in [1.807, 2.05) is 0 Å². The molecule has 0 spiro atoms. The van der Waals surface area contributed by atoms with Gasteiger partial charge in [0.15, 0.2) is 5.16 Å². The molecule has 0 aliphatic rings. The fourth-order valence-corrected chi connectivity index (χ4v) is 2.99. The zero-order valence-corrected chi connectivity index (χ0v) is 12.3. The van der Waals surface area contributed by atoms with Gasteiger partial charge in [0.1, 0.15) is 0 Å². The SMILES string of the molecule is Cn1c(CO)cnc1Sc1cc(Br)ccc1[N+](=O)[O-]. The zero-order valence-electron chi connectivity index (χ0n) is 9.91. The number of aliphatic hydroxyl groups excluding tert-OH is 1. The van der Waals surface area contributed by atoms with E-state index in [9.17, 15) is 10.1 Å². The summed E-state index contributed by atoms with van der Waals surface area (Å²) in [5.41, 5.74) is 0.682. The lowest BCUT2D eigenvalue weighted by Crippen LogP contribution is -1.98. The number of benzene rings is 1. The predicted molar refractivity (Wildman–Crippen MR) is 74.1 cm³/mol. The van der Waals surface area contributed by atoms with Crippen LogP contribution in [0.2, 0.25) is 0 Å². The van der Waals surface area contributed by atoms with Crippen molar-refractivity contribution in [2.45, 2.75) is 16.7 Å². The summed E-state index contributed by atoms with van der Waals surface area (Å²) in [5, 5.41) is 20.7. The molecule has 0 atom stereocenters. The largest absolute Gasteiger partial charge is 0.390 e. The smallest absolute Gasteiger partial charge is 0.283 e. The van der Waals surface area contributed by atoms with Gasteiger partial charge in [-0.25, -0.2) is 4.98 Å². The third kappa shape index (κ3) is 2.96. The predicted octanol–water partition coefficient (Wildman–Crippen LogP) is 2.73. The summed E-state index contributed by atoms with van der Waals surface area (Å²) < 4.78 is 2.46. The van der Waals surface area contributed by atoms with Gasteiger partial charge in [0.05, 0.1) is 28.3 Å². The van der Waals surface area contributed by atoms with Crippen molar-refractivity contribution < 1.29 is 10.0 Å². The van der Waals surface area contributed by atoms with Gasteiger partial charge in [0.2, 0.25) is 0 Å². The number of nitro benzene ring substituents is 1. The first-order valence-electron chi connectivity index (χ1n) is 5.26. The van der Waals surface area contributed by atoms with E-state index >= 15 is 0 Å². The average molecular weight is 344 g/mol. The van der Waals surface area contributed by atoms with Crippen molar-refractivity contribution in [3.8, 4) is 0 Å². The first-order chi connectivity index (χ1) is 9.02. The number of halogens is 1. The molecule has 0 amide bonds. The number of hydrogen-bond donors (Lipinski definition) is 1. The second-order valence-corrected chi connectivity index (χ2v) is 5.65. The van der Waals surface area contributed by atoms with Crippen LogP contribution in [0.5, 0.6) is 0 Å². The van der Waals surface area contributed by atoms with E-state index in [4.69, 9.17) is 5.11 Å². The first-order valence-corrected chi connectivity index (χ1v) is 6.87. The van der Waals surface area contributed by atoms with Crippen molar-refractivity contribution in [3.63, 3.8) is 0 Å². The van der Waals surface area contributed by atoms with E-state index < -0.39 is 4.92 Å². The molecule has 1 aromatic carbocycles. The molecule has 0 saturated heterocycles. The summed E-state index contributed by atoms with van der Waals surface area (Å²) in [6, 6.07) is 4.75. The number of aliphatic hydroxyl groups is 1. The molecule has 0 aliphatic heterocycles. The molecule has 6 nitrogen and oxygen atoms in total. The summed E-state index contributed by atoms with van der Waals surface area (Å²) in [4.78, 5) is 15.2. The standard InChI is InChI=1S/C11H10BrN3O3S/c1-14-8(6-16)5-13-11(14)19-10-4-7(12)2-3-9(10)15(17)18/h2-5,16H,6H2,1H3. The molecular formula is C11H10BrN3O3S. The van der Waals surface area contributed by atoms with Crippen molar-refractivity contribution in [1.82, 2.24) is 9.55 Å². The van der Waals surface area contributed by atoms with Crippen LogP contribution in [-0.2, 0) is 13.7 Å². The second kappa shape index (κ2) is 5.72. The number of nitro groups is 1. The number of nitrogens with zero attached hydrogens (tertiary/aromatic N) is 3. The topological polar surface area (TPSA) is 81.2 Å². The summed E-state index contributed by atoms with van der Waals surface area (Å²) in [7, 11) is 1.75. The molecule has 8 heteroatoms. The molecule has 0 unspecified atom stereocenters. The highest BCUT2D eigenvalue weighted by Crippen LogP contribution is 2.36. The maximum atomic E-state index is 11.0. The molecule has 0 aliphatic carbocycles. The summed E-state index contributed by atoms with van der Waals surface area (Å²) in [6.07, 6.45) is 1.55. The number of hydrogen-bond acceptors (Lipinski definition) is 5. The van der Waals surface area contributed by atoms with Crippen LogP contribution in [0.1, 0.15) is 5.69 Å². The quantitative estimate of drug-likeness (QED) is 0.681. The zero-order chi connectivity index (χ0) is 14.0. The minimum atomic E-state index is -0.426. The van der Waals surface area contributed by atoms with E-state index in [-0.39, 0.29) is 12.3 Å². The molecule has 1 aromatic heterocycles. The Morgan fingerprint density at radius 3 is 2.89 bits per heavy atom. The van der Waals surface area contributed by atoms with Crippen molar-refractivity contribution in [1.29, 1.82) is 0 Å². The molecule has 0 fully saturated rings. The van der Waals surface area contributed by atoms with Gasteiger partial charge in [-0.15, -0.1) is 0 Å². The van der Waals surface area contributed by atoms with E-state index in [1.165, 1.54) is 17.8 Å². The highest BCUT2D eigenvalue weighted by atomic mass is 79.9. The van der Waals surface area contributed by atoms with Gasteiger partial charge in [-0.2, -0.15) is 0 Å². The van der Waals surface area contributed by atoms with Crippen LogP contribution < -0.4 is 0 Å².